The minimum atomic E-state index is 0.128. The Labute approximate surface area is 105 Å². The fourth-order valence-corrected chi connectivity index (χ4v) is 1.80. The zero-order valence-corrected chi connectivity index (χ0v) is 11.1. The number of hydrogen-bond acceptors (Lipinski definition) is 2. The maximum atomic E-state index is 8.93. The first-order chi connectivity index (χ1) is 8.22. The first kappa shape index (κ1) is 14.2. The van der Waals surface area contributed by atoms with Crippen LogP contribution in [0.5, 0.6) is 0 Å². The van der Waals surface area contributed by atoms with Gasteiger partial charge >= 0.3 is 0 Å². The topological polar surface area (TPSA) is 32.3 Å². The second-order valence-electron chi connectivity index (χ2n) is 5.04. The molecule has 0 aromatic heterocycles. The molecular formula is C15H25NO. The molecule has 0 saturated carbocycles. The van der Waals surface area contributed by atoms with E-state index in [-0.39, 0.29) is 6.61 Å². The Kier molecular flexibility index (Phi) is 6.90. The van der Waals surface area contributed by atoms with Gasteiger partial charge in [0.25, 0.3) is 0 Å². The molecule has 0 aliphatic heterocycles. The lowest BCUT2D eigenvalue weighted by Gasteiger charge is -2.07. The largest absolute Gasteiger partial charge is 0.392 e. The van der Waals surface area contributed by atoms with Crippen LogP contribution in [0.25, 0.3) is 0 Å². The zero-order valence-electron chi connectivity index (χ0n) is 11.1. The van der Waals surface area contributed by atoms with E-state index in [0.717, 1.165) is 24.6 Å². The molecule has 0 saturated heterocycles. The minimum absolute atomic E-state index is 0.128. The molecule has 1 aromatic rings. The number of aliphatic hydroxyl groups is 1. The van der Waals surface area contributed by atoms with E-state index in [9.17, 15) is 0 Å². The average Bonchev–Trinajstić information content (AvgIpc) is 2.34. The van der Waals surface area contributed by atoms with Crippen molar-refractivity contribution in [2.75, 3.05) is 6.54 Å². The van der Waals surface area contributed by atoms with E-state index in [1.807, 2.05) is 12.1 Å². The third-order valence-corrected chi connectivity index (χ3v) is 2.92. The normalized spacial score (nSPS) is 11.1. The molecule has 17 heavy (non-hydrogen) atoms. The van der Waals surface area contributed by atoms with Crippen molar-refractivity contribution in [2.45, 2.75) is 46.3 Å². The number of aliphatic hydroxyl groups excluding tert-OH is 1. The Morgan fingerprint density at radius 1 is 1.06 bits per heavy atom. The summed E-state index contributed by atoms with van der Waals surface area (Å²) in [7, 11) is 0. The summed E-state index contributed by atoms with van der Waals surface area (Å²) in [5, 5.41) is 12.4. The van der Waals surface area contributed by atoms with E-state index in [2.05, 4.69) is 31.3 Å². The number of nitrogens with one attached hydrogen (secondary N) is 1. The van der Waals surface area contributed by atoms with E-state index in [4.69, 9.17) is 5.11 Å². The molecule has 0 aliphatic carbocycles. The summed E-state index contributed by atoms with van der Waals surface area (Å²) in [6.07, 6.45) is 3.90. The van der Waals surface area contributed by atoms with Crippen molar-refractivity contribution in [2.24, 2.45) is 5.92 Å². The second-order valence-corrected chi connectivity index (χ2v) is 5.04. The summed E-state index contributed by atoms with van der Waals surface area (Å²) < 4.78 is 0. The number of rotatable bonds is 8. The van der Waals surface area contributed by atoms with Gasteiger partial charge in [0, 0.05) is 6.54 Å². The van der Waals surface area contributed by atoms with Crippen LogP contribution in [0.15, 0.2) is 24.3 Å². The lowest BCUT2D eigenvalue weighted by molar-refractivity contribution is 0.282. The van der Waals surface area contributed by atoms with Crippen LogP contribution in [0.2, 0.25) is 0 Å². The summed E-state index contributed by atoms with van der Waals surface area (Å²) >= 11 is 0. The quantitative estimate of drug-likeness (QED) is 0.679. The van der Waals surface area contributed by atoms with Crippen molar-refractivity contribution >= 4 is 0 Å². The van der Waals surface area contributed by atoms with Crippen molar-refractivity contribution in [3.05, 3.63) is 35.4 Å². The van der Waals surface area contributed by atoms with Gasteiger partial charge in [0.15, 0.2) is 0 Å². The molecule has 2 nitrogen and oxygen atoms in total. The lowest BCUT2D eigenvalue weighted by atomic mass is 10.1. The first-order valence-electron chi connectivity index (χ1n) is 6.61. The van der Waals surface area contributed by atoms with Gasteiger partial charge in [-0.1, -0.05) is 51.0 Å². The Balaban J connectivity index is 2.09. The molecule has 0 unspecified atom stereocenters. The zero-order chi connectivity index (χ0) is 12.5. The van der Waals surface area contributed by atoms with Crippen LogP contribution >= 0.6 is 0 Å². The Morgan fingerprint density at radius 3 is 2.29 bits per heavy atom. The van der Waals surface area contributed by atoms with Gasteiger partial charge in [-0.25, -0.2) is 0 Å². The molecule has 0 spiro atoms. The highest BCUT2D eigenvalue weighted by molar-refractivity contribution is 5.21. The molecule has 0 aliphatic rings. The SMILES string of the molecule is CC(C)CCCCNCc1ccc(CO)cc1. The van der Waals surface area contributed by atoms with Gasteiger partial charge in [-0.2, -0.15) is 0 Å². The number of hydrogen-bond donors (Lipinski definition) is 2. The van der Waals surface area contributed by atoms with Gasteiger partial charge in [-0.15, -0.1) is 0 Å². The summed E-state index contributed by atoms with van der Waals surface area (Å²) in [4.78, 5) is 0. The Hall–Kier alpha value is -0.860. The summed E-state index contributed by atoms with van der Waals surface area (Å²) in [5.41, 5.74) is 2.26. The van der Waals surface area contributed by atoms with Gasteiger partial charge in [0.2, 0.25) is 0 Å². The predicted molar refractivity (Wildman–Crippen MR) is 72.8 cm³/mol. The molecule has 2 heteroatoms. The molecule has 1 rings (SSSR count). The van der Waals surface area contributed by atoms with E-state index >= 15 is 0 Å². The highest BCUT2D eigenvalue weighted by atomic mass is 16.3. The number of benzene rings is 1. The van der Waals surface area contributed by atoms with Crippen LogP contribution < -0.4 is 5.32 Å². The van der Waals surface area contributed by atoms with Gasteiger partial charge in [0.1, 0.15) is 0 Å². The fourth-order valence-electron chi connectivity index (χ4n) is 1.80. The minimum Gasteiger partial charge on any atom is -0.392 e. The monoisotopic (exact) mass is 235 g/mol. The lowest BCUT2D eigenvalue weighted by Crippen LogP contribution is -2.14. The third kappa shape index (κ3) is 6.44. The molecule has 0 fully saturated rings. The third-order valence-electron chi connectivity index (χ3n) is 2.92. The maximum Gasteiger partial charge on any atom is 0.0681 e. The van der Waals surface area contributed by atoms with Gasteiger partial charge < -0.3 is 10.4 Å². The molecule has 0 heterocycles. The Bertz CT molecular complexity index is 292. The van der Waals surface area contributed by atoms with Gasteiger partial charge in [-0.05, 0) is 30.0 Å². The summed E-state index contributed by atoms with van der Waals surface area (Å²) in [6, 6.07) is 8.12. The summed E-state index contributed by atoms with van der Waals surface area (Å²) in [5.74, 6) is 0.820. The molecule has 0 bridgehead atoms. The maximum absolute atomic E-state index is 8.93. The molecule has 2 N–H and O–H groups in total. The van der Waals surface area contributed by atoms with Crippen molar-refractivity contribution in [1.82, 2.24) is 5.32 Å². The van der Waals surface area contributed by atoms with Gasteiger partial charge in [-0.3, -0.25) is 0 Å². The highest BCUT2D eigenvalue weighted by Gasteiger charge is 1.95. The van der Waals surface area contributed by atoms with Crippen LogP contribution in [0.3, 0.4) is 0 Å². The molecule has 0 amide bonds. The highest BCUT2D eigenvalue weighted by Crippen LogP contribution is 2.06. The van der Waals surface area contributed by atoms with Crippen molar-refractivity contribution in [1.29, 1.82) is 0 Å². The number of unbranched alkanes of at least 4 members (excludes halogenated alkanes) is 1. The molecule has 0 atom stereocenters. The van der Waals surface area contributed by atoms with Crippen LogP contribution in [0, 0.1) is 5.92 Å². The molecule has 96 valence electrons. The second kappa shape index (κ2) is 8.26. The molecule has 0 radical (unpaired) electrons. The van der Waals surface area contributed by atoms with Crippen LogP contribution in [0.4, 0.5) is 0 Å². The summed E-state index contributed by atoms with van der Waals surface area (Å²) in [6.45, 7) is 6.69. The van der Waals surface area contributed by atoms with Crippen LogP contribution in [-0.4, -0.2) is 11.7 Å². The fraction of sp³-hybridized carbons (Fsp3) is 0.600. The smallest absolute Gasteiger partial charge is 0.0681 e. The van der Waals surface area contributed by atoms with Crippen LogP contribution in [-0.2, 0) is 13.2 Å². The average molecular weight is 235 g/mol. The molecule has 1 aromatic carbocycles. The predicted octanol–water partition coefficient (Wildman–Crippen LogP) is 3.09. The van der Waals surface area contributed by atoms with E-state index in [0.29, 0.717) is 0 Å². The van der Waals surface area contributed by atoms with E-state index < -0.39 is 0 Å². The van der Waals surface area contributed by atoms with Gasteiger partial charge in [0.05, 0.1) is 6.61 Å². The molecular weight excluding hydrogens is 210 g/mol. The van der Waals surface area contributed by atoms with Crippen LogP contribution in [0.1, 0.15) is 44.2 Å². The first-order valence-corrected chi connectivity index (χ1v) is 6.61. The Morgan fingerprint density at radius 2 is 1.71 bits per heavy atom. The van der Waals surface area contributed by atoms with E-state index in [1.165, 1.54) is 24.8 Å². The van der Waals surface area contributed by atoms with Crippen molar-refractivity contribution < 1.29 is 5.11 Å². The van der Waals surface area contributed by atoms with E-state index in [1.54, 1.807) is 0 Å². The van der Waals surface area contributed by atoms with Crippen molar-refractivity contribution in [3.8, 4) is 0 Å². The standard InChI is InChI=1S/C15H25NO/c1-13(2)5-3-4-10-16-11-14-6-8-15(12-17)9-7-14/h6-9,13,16-17H,3-5,10-12H2,1-2H3. The van der Waals surface area contributed by atoms with Crippen molar-refractivity contribution in [3.63, 3.8) is 0 Å².